The van der Waals surface area contributed by atoms with Crippen molar-refractivity contribution < 1.29 is 4.74 Å². The largest absolute Gasteiger partial charge is 0.457 e. The van der Waals surface area contributed by atoms with Crippen molar-refractivity contribution in [2.75, 3.05) is 26.2 Å². The van der Waals surface area contributed by atoms with Crippen molar-refractivity contribution in [2.45, 2.75) is 12.5 Å². The quantitative estimate of drug-likeness (QED) is 0.739. The number of rotatable bonds is 5. The minimum Gasteiger partial charge on any atom is -0.457 e. The summed E-state index contributed by atoms with van der Waals surface area (Å²) in [5, 5.41) is 3.50. The summed E-state index contributed by atoms with van der Waals surface area (Å²) in [4.78, 5) is 6.91. The van der Waals surface area contributed by atoms with Crippen LogP contribution in [-0.2, 0) is 0 Å². The maximum atomic E-state index is 6.07. The maximum Gasteiger partial charge on any atom is 0.127 e. The molecular formula is C23H25N3O. The summed E-state index contributed by atoms with van der Waals surface area (Å²) in [5.74, 6) is 1.71. The standard InChI is InChI=1S/C23H25N3O/c1-2-9-21(10-3-1)27-22-11-4-7-19(17-22)23(20-8-5-12-25-18-20)26-15-6-13-24-14-16-26/h1-5,7-12,17-18,23-24H,6,13-16H2. The number of benzene rings is 2. The highest BCUT2D eigenvalue weighted by molar-refractivity contribution is 5.38. The molecule has 0 spiro atoms. The van der Waals surface area contributed by atoms with E-state index in [9.17, 15) is 0 Å². The highest BCUT2D eigenvalue weighted by Gasteiger charge is 2.23. The Morgan fingerprint density at radius 3 is 2.56 bits per heavy atom. The van der Waals surface area contributed by atoms with Gasteiger partial charge in [-0.25, -0.2) is 0 Å². The summed E-state index contributed by atoms with van der Waals surface area (Å²) < 4.78 is 6.07. The summed E-state index contributed by atoms with van der Waals surface area (Å²) in [7, 11) is 0. The molecule has 4 heteroatoms. The van der Waals surface area contributed by atoms with Gasteiger partial charge in [0.15, 0.2) is 0 Å². The van der Waals surface area contributed by atoms with Crippen molar-refractivity contribution in [1.29, 1.82) is 0 Å². The Bertz CT molecular complexity index is 831. The molecule has 138 valence electrons. The second kappa shape index (κ2) is 8.80. The van der Waals surface area contributed by atoms with Crippen LogP contribution in [-0.4, -0.2) is 36.1 Å². The molecule has 1 atom stereocenters. The minimum absolute atomic E-state index is 0.179. The van der Waals surface area contributed by atoms with E-state index in [0.29, 0.717) is 0 Å². The monoisotopic (exact) mass is 359 g/mol. The van der Waals surface area contributed by atoms with Gasteiger partial charge in [-0.3, -0.25) is 9.88 Å². The zero-order valence-electron chi connectivity index (χ0n) is 15.4. The second-order valence-electron chi connectivity index (χ2n) is 6.82. The van der Waals surface area contributed by atoms with Gasteiger partial charge in [0.25, 0.3) is 0 Å². The van der Waals surface area contributed by atoms with E-state index in [1.54, 1.807) is 0 Å². The van der Waals surface area contributed by atoms with Crippen LogP contribution in [0.3, 0.4) is 0 Å². The van der Waals surface area contributed by atoms with Gasteiger partial charge in [0, 0.05) is 32.0 Å². The van der Waals surface area contributed by atoms with Crippen molar-refractivity contribution in [3.05, 3.63) is 90.3 Å². The first-order valence-electron chi connectivity index (χ1n) is 9.58. The van der Waals surface area contributed by atoms with Crippen LogP contribution in [0.4, 0.5) is 0 Å². The molecule has 0 bridgehead atoms. The molecule has 1 unspecified atom stereocenters. The molecule has 1 aliphatic rings. The number of hydrogen-bond acceptors (Lipinski definition) is 4. The van der Waals surface area contributed by atoms with Crippen LogP contribution in [0.1, 0.15) is 23.6 Å². The van der Waals surface area contributed by atoms with E-state index in [0.717, 1.165) is 44.1 Å². The van der Waals surface area contributed by atoms with Crippen LogP contribution in [0.25, 0.3) is 0 Å². The van der Waals surface area contributed by atoms with Gasteiger partial charge in [-0.2, -0.15) is 0 Å². The molecule has 1 fully saturated rings. The number of ether oxygens (including phenoxy) is 1. The number of hydrogen-bond donors (Lipinski definition) is 1. The van der Waals surface area contributed by atoms with E-state index >= 15 is 0 Å². The van der Waals surface area contributed by atoms with Gasteiger partial charge in [0.2, 0.25) is 0 Å². The molecular weight excluding hydrogens is 334 g/mol. The molecule has 2 heterocycles. The van der Waals surface area contributed by atoms with Gasteiger partial charge in [0.1, 0.15) is 11.5 Å². The van der Waals surface area contributed by atoms with E-state index in [-0.39, 0.29) is 6.04 Å². The average molecular weight is 359 g/mol. The van der Waals surface area contributed by atoms with Gasteiger partial charge in [0.05, 0.1) is 6.04 Å². The Kier molecular flexibility index (Phi) is 5.77. The fourth-order valence-corrected chi connectivity index (χ4v) is 3.65. The van der Waals surface area contributed by atoms with Crippen LogP contribution in [0.5, 0.6) is 11.5 Å². The highest BCUT2D eigenvalue weighted by Crippen LogP contribution is 2.32. The lowest BCUT2D eigenvalue weighted by atomic mass is 9.98. The predicted molar refractivity (Wildman–Crippen MR) is 108 cm³/mol. The average Bonchev–Trinajstić information content (AvgIpc) is 3.00. The number of pyridine rings is 1. The number of nitrogens with one attached hydrogen (secondary N) is 1. The van der Waals surface area contributed by atoms with Crippen molar-refractivity contribution in [3.63, 3.8) is 0 Å². The molecule has 1 aromatic heterocycles. The summed E-state index contributed by atoms with van der Waals surface area (Å²) in [6.07, 6.45) is 4.96. The Morgan fingerprint density at radius 1 is 0.852 bits per heavy atom. The van der Waals surface area contributed by atoms with E-state index in [1.807, 2.05) is 54.9 Å². The van der Waals surface area contributed by atoms with Gasteiger partial charge >= 0.3 is 0 Å². The molecule has 0 radical (unpaired) electrons. The summed E-state index contributed by atoms with van der Waals surface area (Å²) in [5.41, 5.74) is 2.45. The third-order valence-electron chi connectivity index (χ3n) is 4.89. The number of aromatic nitrogens is 1. The zero-order chi connectivity index (χ0) is 18.3. The maximum absolute atomic E-state index is 6.07. The Hall–Kier alpha value is -2.69. The Labute approximate surface area is 160 Å². The Balaban J connectivity index is 1.66. The fraction of sp³-hybridized carbons (Fsp3) is 0.261. The minimum atomic E-state index is 0.179. The van der Waals surface area contributed by atoms with Gasteiger partial charge < -0.3 is 10.1 Å². The third-order valence-corrected chi connectivity index (χ3v) is 4.89. The highest BCUT2D eigenvalue weighted by atomic mass is 16.5. The van der Waals surface area contributed by atoms with E-state index in [4.69, 9.17) is 4.74 Å². The first-order chi connectivity index (χ1) is 13.4. The zero-order valence-corrected chi connectivity index (χ0v) is 15.4. The lowest BCUT2D eigenvalue weighted by Crippen LogP contribution is -2.33. The van der Waals surface area contributed by atoms with Crippen molar-refractivity contribution in [1.82, 2.24) is 15.2 Å². The number of para-hydroxylation sites is 1. The van der Waals surface area contributed by atoms with Crippen molar-refractivity contribution >= 4 is 0 Å². The van der Waals surface area contributed by atoms with Crippen LogP contribution < -0.4 is 10.1 Å². The van der Waals surface area contributed by atoms with E-state index < -0.39 is 0 Å². The van der Waals surface area contributed by atoms with Crippen molar-refractivity contribution in [3.8, 4) is 11.5 Å². The molecule has 1 saturated heterocycles. The molecule has 1 aliphatic heterocycles. The lowest BCUT2D eigenvalue weighted by molar-refractivity contribution is 0.240. The van der Waals surface area contributed by atoms with Crippen molar-refractivity contribution in [2.24, 2.45) is 0 Å². The molecule has 1 N–H and O–H groups in total. The van der Waals surface area contributed by atoms with Crippen LogP contribution in [0, 0.1) is 0 Å². The molecule has 2 aromatic carbocycles. The first kappa shape index (κ1) is 17.7. The fourth-order valence-electron chi connectivity index (χ4n) is 3.65. The molecule has 4 rings (SSSR count). The summed E-state index contributed by atoms with van der Waals surface area (Å²) >= 11 is 0. The molecule has 0 saturated carbocycles. The predicted octanol–water partition coefficient (Wildman–Crippen LogP) is 4.26. The molecule has 0 amide bonds. The summed E-state index contributed by atoms with van der Waals surface area (Å²) in [6.45, 7) is 4.17. The first-order valence-corrected chi connectivity index (χ1v) is 9.58. The second-order valence-corrected chi connectivity index (χ2v) is 6.82. The molecule has 3 aromatic rings. The summed E-state index contributed by atoms with van der Waals surface area (Å²) in [6, 6.07) is 22.7. The van der Waals surface area contributed by atoms with Gasteiger partial charge in [-0.1, -0.05) is 36.4 Å². The third kappa shape index (κ3) is 4.54. The van der Waals surface area contributed by atoms with E-state index in [1.165, 1.54) is 11.1 Å². The Morgan fingerprint density at radius 2 is 1.70 bits per heavy atom. The lowest BCUT2D eigenvalue weighted by Gasteiger charge is -2.31. The SMILES string of the molecule is c1ccc(Oc2cccc(C(c3cccnc3)N3CCCNCC3)c2)cc1. The van der Waals surface area contributed by atoms with Crippen LogP contribution in [0.15, 0.2) is 79.1 Å². The van der Waals surface area contributed by atoms with Gasteiger partial charge in [-0.15, -0.1) is 0 Å². The van der Waals surface area contributed by atoms with E-state index in [2.05, 4.69) is 39.5 Å². The molecule has 4 nitrogen and oxygen atoms in total. The molecule has 27 heavy (non-hydrogen) atoms. The van der Waals surface area contributed by atoms with Crippen LogP contribution >= 0.6 is 0 Å². The molecule has 0 aliphatic carbocycles. The van der Waals surface area contributed by atoms with Gasteiger partial charge in [-0.05, 0) is 54.4 Å². The topological polar surface area (TPSA) is 37.4 Å². The number of nitrogens with zero attached hydrogens (tertiary/aromatic N) is 2. The normalized spacial score (nSPS) is 16.4. The van der Waals surface area contributed by atoms with Crippen LogP contribution in [0.2, 0.25) is 0 Å². The smallest absolute Gasteiger partial charge is 0.127 e.